The zero-order chi connectivity index (χ0) is 33.8. The molecule has 4 aromatic rings. The average molecular weight is 677 g/mol. The molecular weight excluding hydrogens is 644 g/mol. The minimum Gasteiger partial charge on any atom is -0.495 e. The molecule has 7 heterocycles. The van der Waals surface area contributed by atoms with Gasteiger partial charge in [0.2, 0.25) is 11.8 Å². The van der Waals surface area contributed by atoms with Crippen molar-refractivity contribution in [3.63, 3.8) is 0 Å². The van der Waals surface area contributed by atoms with E-state index in [0.717, 1.165) is 0 Å². The van der Waals surface area contributed by atoms with Crippen LogP contribution in [-0.4, -0.2) is 65.1 Å². The third kappa shape index (κ3) is 7.64. The second-order valence-corrected chi connectivity index (χ2v) is 12.2. The number of nitrogens with one attached hydrogen (secondary N) is 3. The molecule has 250 valence electrons. The zero-order valence-corrected chi connectivity index (χ0v) is 26.7. The van der Waals surface area contributed by atoms with Gasteiger partial charge in [-0.05, 0) is 43.2 Å². The van der Waals surface area contributed by atoms with Crippen molar-refractivity contribution < 1.29 is 41.1 Å². The van der Waals surface area contributed by atoms with Crippen molar-refractivity contribution in [3.8, 4) is 22.9 Å². The first-order chi connectivity index (χ1) is 22.5. The number of methoxy groups -OCH3 is 2. The molecule has 8 rings (SSSR count). The largest absolute Gasteiger partial charge is 0.495 e. The van der Waals surface area contributed by atoms with E-state index in [1.807, 2.05) is 0 Å². The predicted octanol–water partition coefficient (Wildman–Crippen LogP) is 5.77. The average Bonchev–Trinajstić information content (AvgIpc) is 3.46. The number of benzene rings is 1. The number of carbonyl (C=O) groups excluding carboxylic acids is 1. The van der Waals surface area contributed by atoms with E-state index in [1.54, 1.807) is 36.0 Å². The van der Waals surface area contributed by atoms with Crippen LogP contribution in [-0.2, 0) is 32.5 Å². The number of aromatic nitrogens is 5. The minimum atomic E-state index is -4.84. The summed E-state index contributed by atoms with van der Waals surface area (Å²) in [6.07, 6.45) is -2.23. The molecular formula is C29H32F3N8O6P. The van der Waals surface area contributed by atoms with Gasteiger partial charge in [-0.2, -0.15) is 18.2 Å². The number of nitrogens with zero attached hydrogens (tertiary/aromatic N) is 5. The van der Waals surface area contributed by atoms with Gasteiger partial charge in [-0.3, -0.25) is 14.0 Å². The number of pyridine rings is 1. The molecule has 14 nitrogen and oxygen atoms in total. The SMILES string of the molecule is CCOP1(=O)Cc2ccc(c(OC)c2)Nc2ncc(C(F)(F)F)c(n2)Nc2ccc(nc2C(=O)NC)-c2cn(nc2OC)CCCO1. The second-order valence-electron chi connectivity index (χ2n) is 10.1. The molecule has 47 heavy (non-hydrogen) atoms. The molecule has 1 amide bonds. The molecule has 3 aromatic heterocycles. The van der Waals surface area contributed by atoms with Crippen LogP contribution in [0.15, 0.2) is 42.7 Å². The lowest BCUT2D eigenvalue weighted by molar-refractivity contribution is -0.137. The van der Waals surface area contributed by atoms with Gasteiger partial charge < -0.3 is 34.5 Å². The topological polar surface area (TPSA) is 164 Å². The lowest BCUT2D eigenvalue weighted by Gasteiger charge is -2.19. The summed E-state index contributed by atoms with van der Waals surface area (Å²) in [5, 5.41) is 12.4. The van der Waals surface area contributed by atoms with Crippen molar-refractivity contribution >= 4 is 36.6 Å². The molecule has 3 N–H and O–H groups in total. The summed E-state index contributed by atoms with van der Waals surface area (Å²) in [7, 11) is 0.598. The third-order valence-electron chi connectivity index (χ3n) is 6.92. The van der Waals surface area contributed by atoms with E-state index in [4.69, 9.17) is 18.5 Å². The Morgan fingerprint density at radius 2 is 1.91 bits per heavy atom. The van der Waals surface area contributed by atoms with E-state index in [2.05, 4.69) is 36.0 Å². The Balaban J connectivity index is 1.65. The highest BCUT2D eigenvalue weighted by atomic mass is 31.2. The Morgan fingerprint density at radius 3 is 2.62 bits per heavy atom. The lowest BCUT2D eigenvalue weighted by atomic mass is 10.1. The maximum absolute atomic E-state index is 14.1. The summed E-state index contributed by atoms with van der Waals surface area (Å²) in [6.45, 7) is 2.30. The van der Waals surface area contributed by atoms with Crippen LogP contribution in [0, 0.1) is 0 Å². The number of hydrogen-bond donors (Lipinski definition) is 3. The summed E-state index contributed by atoms with van der Waals surface area (Å²) in [5.41, 5.74) is 0.152. The Hall–Kier alpha value is -4.73. The lowest BCUT2D eigenvalue weighted by Crippen LogP contribution is -2.21. The van der Waals surface area contributed by atoms with Crippen LogP contribution < -0.4 is 25.4 Å². The molecule has 0 spiro atoms. The van der Waals surface area contributed by atoms with Crippen LogP contribution in [0.1, 0.15) is 35.0 Å². The number of hydrogen-bond acceptors (Lipinski definition) is 12. The van der Waals surface area contributed by atoms with E-state index in [0.29, 0.717) is 36.0 Å². The number of anilines is 4. The standard InChI is InChI=1S/C29H32F3N8O6P/c1-5-45-47(42)16-17-7-8-21(23(13-17)43-3)37-28-34-14-19(29(30,31)32)25(38-28)36-22-10-9-20(35-24(22)26(41)33-2)18-15-40(11-6-12-46-47)39-27(18)44-4/h7-10,13-15H,5-6,11-12,16H2,1-4H3,(H,33,41)(H2,34,36,37,38). The van der Waals surface area contributed by atoms with Gasteiger partial charge in [-0.15, -0.1) is 5.10 Å². The van der Waals surface area contributed by atoms with Crippen molar-refractivity contribution in [1.29, 1.82) is 0 Å². The highest BCUT2D eigenvalue weighted by molar-refractivity contribution is 7.53. The van der Waals surface area contributed by atoms with Gasteiger partial charge in [0.15, 0.2) is 5.69 Å². The van der Waals surface area contributed by atoms with Crippen LogP contribution in [0.2, 0.25) is 0 Å². The molecule has 8 bridgehead atoms. The summed E-state index contributed by atoms with van der Waals surface area (Å²) in [5.74, 6) is -1.04. The van der Waals surface area contributed by atoms with Crippen LogP contribution in [0.3, 0.4) is 0 Å². The number of amides is 1. The van der Waals surface area contributed by atoms with Crippen molar-refractivity contribution in [2.24, 2.45) is 0 Å². The number of halogens is 3. The van der Waals surface area contributed by atoms with Crippen molar-refractivity contribution in [1.82, 2.24) is 30.0 Å². The minimum absolute atomic E-state index is 0.0467. The number of rotatable bonds is 5. The fraction of sp³-hybridized carbons (Fsp3) is 0.345. The number of carbonyl (C=O) groups is 1. The van der Waals surface area contributed by atoms with Gasteiger partial charge in [-0.25, -0.2) is 9.97 Å². The van der Waals surface area contributed by atoms with E-state index >= 15 is 0 Å². The van der Waals surface area contributed by atoms with Crippen molar-refractivity contribution in [2.75, 3.05) is 45.1 Å². The summed E-state index contributed by atoms with van der Waals surface area (Å²) in [6, 6.07) is 7.75. The van der Waals surface area contributed by atoms with Crippen LogP contribution in [0.25, 0.3) is 11.3 Å². The molecule has 4 aliphatic rings. The third-order valence-corrected chi connectivity index (χ3v) is 8.90. The van der Waals surface area contributed by atoms with Crippen LogP contribution >= 0.6 is 7.60 Å². The van der Waals surface area contributed by atoms with Crippen LogP contribution in [0.4, 0.5) is 36.3 Å². The highest BCUT2D eigenvalue weighted by Crippen LogP contribution is 2.52. The zero-order valence-electron chi connectivity index (χ0n) is 25.8. The molecule has 0 saturated heterocycles. The van der Waals surface area contributed by atoms with E-state index in [-0.39, 0.29) is 54.0 Å². The molecule has 0 aliphatic carbocycles. The van der Waals surface area contributed by atoms with E-state index < -0.39 is 31.1 Å². The monoisotopic (exact) mass is 676 g/mol. The number of aryl methyl sites for hydroxylation is 1. The number of alkyl halides is 3. The van der Waals surface area contributed by atoms with Gasteiger partial charge in [0.05, 0.1) is 56.2 Å². The summed E-state index contributed by atoms with van der Waals surface area (Å²) in [4.78, 5) is 25.3. The van der Waals surface area contributed by atoms with Crippen LogP contribution in [0.5, 0.6) is 11.6 Å². The second kappa shape index (κ2) is 13.9. The van der Waals surface area contributed by atoms with Gasteiger partial charge in [0.1, 0.15) is 17.1 Å². The van der Waals surface area contributed by atoms with E-state index in [1.165, 1.54) is 33.4 Å². The molecule has 1 atom stereocenters. The molecule has 18 heteroatoms. The Labute approximate surface area is 267 Å². The van der Waals surface area contributed by atoms with Gasteiger partial charge in [-0.1, -0.05) is 6.07 Å². The van der Waals surface area contributed by atoms with Gasteiger partial charge in [0.25, 0.3) is 5.91 Å². The quantitative estimate of drug-likeness (QED) is 0.219. The fourth-order valence-electron chi connectivity index (χ4n) is 4.76. The maximum atomic E-state index is 14.1. The van der Waals surface area contributed by atoms with E-state index in [9.17, 15) is 22.5 Å². The predicted molar refractivity (Wildman–Crippen MR) is 165 cm³/mol. The highest BCUT2D eigenvalue weighted by Gasteiger charge is 2.36. The van der Waals surface area contributed by atoms with Gasteiger partial charge >= 0.3 is 13.8 Å². The fourth-order valence-corrected chi connectivity index (χ4v) is 6.46. The smallest absolute Gasteiger partial charge is 0.421 e. The normalized spacial score (nSPS) is 16.7. The molecule has 1 unspecified atom stereocenters. The molecule has 1 aromatic carbocycles. The molecule has 0 radical (unpaired) electrons. The first-order valence-electron chi connectivity index (χ1n) is 14.3. The maximum Gasteiger partial charge on any atom is 0.421 e. The Bertz CT molecular complexity index is 1820. The Morgan fingerprint density at radius 1 is 1.13 bits per heavy atom. The summed E-state index contributed by atoms with van der Waals surface area (Å²) >= 11 is 0. The molecule has 0 fully saturated rings. The first kappa shape index (κ1) is 33.6. The van der Waals surface area contributed by atoms with Crippen molar-refractivity contribution in [2.45, 2.75) is 32.2 Å². The first-order valence-corrected chi connectivity index (χ1v) is 16.1. The Kier molecular flexibility index (Phi) is 9.98. The van der Waals surface area contributed by atoms with Gasteiger partial charge in [0, 0.05) is 26.0 Å². The molecule has 4 aliphatic heterocycles. The number of ether oxygens (including phenoxy) is 2. The molecule has 0 saturated carbocycles. The van der Waals surface area contributed by atoms with Crippen molar-refractivity contribution in [3.05, 3.63) is 59.5 Å². The summed E-state index contributed by atoms with van der Waals surface area (Å²) < 4.78 is 79.8.